The van der Waals surface area contributed by atoms with Crippen LogP contribution in [-0.4, -0.2) is 40.1 Å². The second-order valence-electron chi connectivity index (χ2n) is 10.7. The van der Waals surface area contributed by atoms with Crippen molar-refractivity contribution in [2.24, 2.45) is 11.8 Å². The zero-order valence-electron chi connectivity index (χ0n) is 21.8. The van der Waals surface area contributed by atoms with Gasteiger partial charge in [-0.2, -0.15) is 5.01 Å². The van der Waals surface area contributed by atoms with Gasteiger partial charge in [0.05, 0.1) is 21.9 Å². The third-order valence-corrected chi connectivity index (χ3v) is 9.79. The van der Waals surface area contributed by atoms with Gasteiger partial charge >= 0.3 is 0 Å². The molecule has 9 heteroatoms. The van der Waals surface area contributed by atoms with Crippen molar-refractivity contribution in [1.82, 2.24) is 10.0 Å². The van der Waals surface area contributed by atoms with E-state index in [0.29, 0.717) is 5.56 Å². The first-order valence-electron chi connectivity index (χ1n) is 13.4. The summed E-state index contributed by atoms with van der Waals surface area (Å²) in [4.78, 5) is 56.3. The van der Waals surface area contributed by atoms with Gasteiger partial charge in [0.1, 0.15) is 6.54 Å². The number of Topliss-reactive ketones (excluding diaryl/α,β-unsaturated/α-hetero) is 1. The van der Waals surface area contributed by atoms with Crippen LogP contribution in [0.15, 0.2) is 95.5 Å². The Balaban J connectivity index is 1.33. The van der Waals surface area contributed by atoms with Gasteiger partial charge in [0, 0.05) is 27.4 Å². The number of carbonyl (C=O) groups excluding carboxylic acids is 4. The number of rotatable bonds is 5. The maximum absolute atomic E-state index is 14.4. The predicted octanol–water partition coefficient (Wildman–Crippen LogP) is 6.89. The minimum Gasteiger partial charge on any atom is -0.292 e. The number of carbonyl (C=O) groups is 4. The Labute approximate surface area is 259 Å². The first-order chi connectivity index (χ1) is 20.3. The number of imide groups is 1. The Hall–Kier alpha value is -3.78. The van der Waals surface area contributed by atoms with Crippen molar-refractivity contribution < 1.29 is 19.2 Å². The normalized spacial score (nSPS) is 21.5. The minimum atomic E-state index is -0.709. The topological polar surface area (TPSA) is 74.8 Å². The molecule has 0 spiro atoms. The fraction of sp³-hybridized carbons (Fsp3) is 0.152. The van der Waals surface area contributed by atoms with Crippen molar-refractivity contribution in [2.45, 2.75) is 11.8 Å². The van der Waals surface area contributed by atoms with Crippen molar-refractivity contribution in [3.63, 3.8) is 0 Å². The van der Waals surface area contributed by atoms with Crippen molar-refractivity contribution in [2.75, 3.05) is 6.54 Å². The zero-order valence-corrected chi connectivity index (χ0v) is 24.9. The van der Waals surface area contributed by atoms with E-state index in [1.165, 1.54) is 18.2 Å². The van der Waals surface area contributed by atoms with E-state index < -0.39 is 41.9 Å². The second-order valence-corrected chi connectivity index (χ2v) is 12.4. The van der Waals surface area contributed by atoms with E-state index in [-0.39, 0.29) is 27.4 Å². The summed E-state index contributed by atoms with van der Waals surface area (Å²) in [7, 11) is 0. The van der Waals surface area contributed by atoms with E-state index in [9.17, 15) is 19.2 Å². The smallest absolute Gasteiger partial charge is 0.273 e. The summed E-state index contributed by atoms with van der Waals surface area (Å²) in [6.45, 7) is -0.521. The van der Waals surface area contributed by atoms with Crippen molar-refractivity contribution in [3.05, 3.63) is 139 Å². The van der Waals surface area contributed by atoms with Crippen molar-refractivity contribution >= 4 is 62.6 Å². The monoisotopic (exact) mass is 658 g/mol. The van der Waals surface area contributed by atoms with Gasteiger partial charge in [-0.25, -0.2) is 5.01 Å². The number of hydrogen-bond acceptors (Lipinski definition) is 4. The molecular weight excluding hydrogens is 639 g/mol. The van der Waals surface area contributed by atoms with Crippen LogP contribution in [0.25, 0.3) is 0 Å². The van der Waals surface area contributed by atoms with E-state index in [1.54, 1.807) is 24.3 Å². The molecule has 0 aromatic heterocycles. The number of ketones is 1. The van der Waals surface area contributed by atoms with E-state index in [0.717, 1.165) is 36.7 Å². The van der Waals surface area contributed by atoms with Crippen LogP contribution in [0.4, 0.5) is 0 Å². The largest absolute Gasteiger partial charge is 0.292 e. The van der Waals surface area contributed by atoms with Crippen LogP contribution >= 0.6 is 39.1 Å². The summed E-state index contributed by atoms with van der Waals surface area (Å²) in [6.07, 6.45) is 0. The molecule has 0 saturated carbocycles. The molecule has 2 atom stereocenters. The quantitative estimate of drug-likeness (QED) is 0.173. The maximum atomic E-state index is 14.4. The molecule has 1 aliphatic heterocycles. The first-order valence-corrected chi connectivity index (χ1v) is 14.9. The van der Waals surface area contributed by atoms with E-state index in [1.807, 2.05) is 48.5 Å². The molecule has 42 heavy (non-hydrogen) atoms. The van der Waals surface area contributed by atoms with E-state index in [2.05, 4.69) is 15.9 Å². The molecule has 4 aliphatic rings. The Morgan fingerprint density at radius 3 is 1.64 bits per heavy atom. The number of hydrazine groups is 1. The van der Waals surface area contributed by atoms with Crippen LogP contribution in [0, 0.1) is 11.8 Å². The number of benzene rings is 4. The molecule has 8 rings (SSSR count). The highest BCUT2D eigenvalue weighted by Gasteiger charge is 2.63. The number of halogens is 3. The fourth-order valence-electron chi connectivity index (χ4n) is 6.77. The Kier molecular flexibility index (Phi) is 6.57. The molecule has 6 nitrogen and oxygen atoms in total. The molecule has 1 fully saturated rings. The van der Waals surface area contributed by atoms with Crippen LogP contribution in [0.2, 0.25) is 10.0 Å². The summed E-state index contributed by atoms with van der Waals surface area (Å²) in [6, 6.07) is 26.8. The van der Waals surface area contributed by atoms with Crippen LogP contribution in [-0.2, 0) is 9.59 Å². The van der Waals surface area contributed by atoms with Gasteiger partial charge in [0.2, 0.25) is 0 Å². The van der Waals surface area contributed by atoms with Gasteiger partial charge in [-0.1, -0.05) is 99.8 Å². The van der Waals surface area contributed by atoms with Gasteiger partial charge in [0.25, 0.3) is 17.7 Å². The molecule has 4 aromatic rings. The van der Waals surface area contributed by atoms with Gasteiger partial charge in [0.15, 0.2) is 5.78 Å². The number of amides is 3. The molecule has 3 aliphatic carbocycles. The van der Waals surface area contributed by atoms with Crippen LogP contribution in [0.1, 0.15) is 54.8 Å². The number of hydrogen-bond donors (Lipinski definition) is 0. The van der Waals surface area contributed by atoms with Crippen LogP contribution < -0.4 is 0 Å². The second kappa shape index (κ2) is 10.2. The van der Waals surface area contributed by atoms with E-state index >= 15 is 0 Å². The van der Waals surface area contributed by atoms with Gasteiger partial charge in [-0.15, -0.1) is 0 Å². The first kappa shape index (κ1) is 27.1. The van der Waals surface area contributed by atoms with Gasteiger partial charge < -0.3 is 0 Å². The highest BCUT2D eigenvalue weighted by atomic mass is 79.9. The lowest BCUT2D eigenvalue weighted by molar-refractivity contribution is -0.154. The van der Waals surface area contributed by atoms with Crippen molar-refractivity contribution in [3.8, 4) is 0 Å². The molecular formula is C33H21BrCl2N2O4. The summed E-state index contributed by atoms with van der Waals surface area (Å²) < 4.78 is 0.784. The molecule has 0 radical (unpaired) electrons. The lowest BCUT2D eigenvalue weighted by Crippen LogP contribution is -2.52. The Morgan fingerprint density at radius 1 is 0.690 bits per heavy atom. The lowest BCUT2D eigenvalue weighted by Gasteiger charge is -2.45. The molecule has 2 bridgehead atoms. The average Bonchev–Trinajstić information content (AvgIpc) is 3.27. The molecule has 4 aromatic carbocycles. The van der Waals surface area contributed by atoms with E-state index in [4.69, 9.17) is 23.2 Å². The number of nitrogens with zero attached hydrogens (tertiary/aromatic N) is 2. The summed E-state index contributed by atoms with van der Waals surface area (Å²) in [5.74, 6) is -4.25. The fourth-order valence-corrected chi connectivity index (χ4v) is 7.34. The highest BCUT2D eigenvalue weighted by Crippen LogP contribution is 2.61. The summed E-state index contributed by atoms with van der Waals surface area (Å²) in [5, 5.41) is 2.27. The van der Waals surface area contributed by atoms with Crippen LogP contribution in [0.3, 0.4) is 0 Å². The minimum absolute atomic E-state index is 0.0954. The molecule has 0 unspecified atom stereocenters. The van der Waals surface area contributed by atoms with Crippen molar-refractivity contribution in [1.29, 1.82) is 0 Å². The predicted molar refractivity (Wildman–Crippen MR) is 161 cm³/mol. The third kappa shape index (κ3) is 4.06. The molecule has 1 saturated heterocycles. The Bertz CT molecular complexity index is 1710. The summed E-state index contributed by atoms with van der Waals surface area (Å²) in [5.41, 5.74) is 4.48. The lowest BCUT2D eigenvalue weighted by atomic mass is 9.55. The SMILES string of the molecule is O=C(CN(C(=O)c1ccc(Cl)c(Cl)c1)N1C(=O)[C@@H]2C3c4ccccc4C(c4ccccc43)[C@@H]2C1=O)c1ccc(Br)cc1. The van der Waals surface area contributed by atoms with Gasteiger partial charge in [-0.05, 0) is 52.6 Å². The third-order valence-electron chi connectivity index (χ3n) is 8.53. The van der Waals surface area contributed by atoms with Gasteiger partial charge in [-0.3, -0.25) is 19.2 Å². The Morgan fingerprint density at radius 2 is 1.17 bits per heavy atom. The summed E-state index contributed by atoms with van der Waals surface area (Å²) >= 11 is 15.7. The molecule has 1 heterocycles. The highest BCUT2D eigenvalue weighted by molar-refractivity contribution is 9.10. The molecule has 208 valence electrons. The molecule has 3 amide bonds. The average molecular weight is 660 g/mol. The standard InChI is InChI=1S/C33H21BrCl2N2O4/c34-19-12-9-17(10-13-19)26(39)16-37(31(40)18-11-14-24(35)25(36)15-18)38-32(41)29-27-20-5-1-2-6-21(20)28(30(29)33(38)42)23-8-4-3-7-22(23)27/h1-15,27-30H,16H2/t27?,28?,29-,30+. The van der Waals surface area contributed by atoms with Crippen LogP contribution in [0.5, 0.6) is 0 Å². The maximum Gasteiger partial charge on any atom is 0.273 e. The zero-order chi connectivity index (χ0) is 29.3. The molecule has 0 N–H and O–H groups in total.